The van der Waals surface area contributed by atoms with E-state index in [2.05, 4.69) is 5.32 Å². The van der Waals surface area contributed by atoms with Crippen molar-refractivity contribution >= 4 is 17.5 Å². The van der Waals surface area contributed by atoms with E-state index in [9.17, 15) is 4.79 Å². The Hall–Kier alpha value is -1.97. The van der Waals surface area contributed by atoms with Gasteiger partial charge in [-0.15, -0.1) is 0 Å². The number of halogens is 1. The molecule has 0 heterocycles. The standard InChI is InChI=1S/C13H15ClN2O4/c1-19-11-6-9(7-17)5-10(14)13(11)20-8-12(18)16-4-2-3-15/h5-6,17H,2,4,7-8H2,1H3,(H,16,18). The average Bonchev–Trinajstić information content (AvgIpc) is 2.45. The van der Waals surface area contributed by atoms with Crippen molar-refractivity contribution < 1.29 is 19.4 Å². The lowest BCUT2D eigenvalue weighted by Gasteiger charge is -2.13. The van der Waals surface area contributed by atoms with E-state index in [-0.39, 0.29) is 42.9 Å². The van der Waals surface area contributed by atoms with E-state index in [1.165, 1.54) is 13.2 Å². The number of aliphatic hydroxyl groups is 1. The minimum atomic E-state index is -0.357. The molecule has 0 radical (unpaired) electrons. The van der Waals surface area contributed by atoms with Crippen LogP contribution >= 0.6 is 11.6 Å². The molecule has 1 aromatic rings. The summed E-state index contributed by atoms with van der Waals surface area (Å²) in [6, 6.07) is 5.03. The van der Waals surface area contributed by atoms with Crippen LogP contribution in [0, 0.1) is 11.3 Å². The van der Waals surface area contributed by atoms with Crippen LogP contribution < -0.4 is 14.8 Å². The van der Waals surface area contributed by atoms with Crippen molar-refractivity contribution in [1.82, 2.24) is 5.32 Å². The molecule has 108 valence electrons. The molecule has 0 saturated carbocycles. The van der Waals surface area contributed by atoms with E-state index >= 15 is 0 Å². The summed E-state index contributed by atoms with van der Waals surface area (Å²) in [5.41, 5.74) is 0.581. The zero-order valence-electron chi connectivity index (χ0n) is 11.0. The summed E-state index contributed by atoms with van der Waals surface area (Å²) < 4.78 is 10.4. The minimum Gasteiger partial charge on any atom is -0.493 e. The maximum atomic E-state index is 11.5. The van der Waals surface area contributed by atoms with Crippen molar-refractivity contribution in [3.63, 3.8) is 0 Å². The largest absolute Gasteiger partial charge is 0.493 e. The first-order valence-electron chi connectivity index (χ1n) is 5.86. The quantitative estimate of drug-likeness (QED) is 0.739. The van der Waals surface area contributed by atoms with E-state index in [1.54, 1.807) is 6.07 Å². The Morgan fingerprint density at radius 3 is 2.90 bits per heavy atom. The number of carbonyl (C=O) groups excluding carboxylic acids is 1. The SMILES string of the molecule is COc1cc(CO)cc(Cl)c1OCC(=O)NCCC#N. The average molecular weight is 299 g/mol. The van der Waals surface area contributed by atoms with Gasteiger partial charge < -0.3 is 19.9 Å². The molecule has 1 rings (SSSR count). The van der Waals surface area contributed by atoms with Crippen LogP contribution in [0.4, 0.5) is 0 Å². The Bertz CT molecular complexity index is 514. The number of methoxy groups -OCH3 is 1. The highest BCUT2D eigenvalue weighted by atomic mass is 35.5. The molecule has 1 aromatic carbocycles. The van der Waals surface area contributed by atoms with Crippen molar-refractivity contribution in [3.8, 4) is 17.6 Å². The second kappa shape index (κ2) is 8.25. The third kappa shape index (κ3) is 4.61. The number of amides is 1. The summed E-state index contributed by atoms with van der Waals surface area (Å²) in [6.07, 6.45) is 0.237. The predicted molar refractivity (Wildman–Crippen MR) is 72.7 cm³/mol. The Balaban J connectivity index is 2.68. The third-order valence-corrected chi connectivity index (χ3v) is 2.66. The summed E-state index contributed by atoms with van der Waals surface area (Å²) in [5, 5.41) is 20.2. The molecule has 0 spiro atoms. The first-order valence-corrected chi connectivity index (χ1v) is 6.23. The van der Waals surface area contributed by atoms with Gasteiger partial charge in [0.1, 0.15) is 0 Å². The molecule has 2 N–H and O–H groups in total. The summed E-state index contributed by atoms with van der Waals surface area (Å²) in [7, 11) is 1.44. The molecule has 0 aliphatic rings. The Kier molecular flexibility index (Phi) is 6.64. The van der Waals surface area contributed by atoms with Crippen LogP contribution in [0.1, 0.15) is 12.0 Å². The number of rotatable bonds is 7. The fourth-order valence-corrected chi connectivity index (χ4v) is 1.74. The zero-order chi connectivity index (χ0) is 15.0. The third-order valence-electron chi connectivity index (χ3n) is 2.38. The molecule has 6 nitrogen and oxygen atoms in total. The minimum absolute atomic E-state index is 0.176. The van der Waals surface area contributed by atoms with Gasteiger partial charge in [0.25, 0.3) is 5.91 Å². The van der Waals surface area contributed by atoms with Crippen molar-refractivity contribution in [2.75, 3.05) is 20.3 Å². The summed E-state index contributed by atoms with van der Waals surface area (Å²) >= 11 is 6.01. The molecule has 0 aromatic heterocycles. The van der Waals surface area contributed by atoms with E-state index in [1.807, 2.05) is 6.07 Å². The molecule has 7 heteroatoms. The van der Waals surface area contributed by atoms with Crippen LogP contribution in [-0.2, 0) is 11.4 Å². The smallest absolute Gasteiger partial charge is 0.257 e. The lowest BCUT2D eigenvalue weighted by atomic mass is 10.2. The lowest BCUT2D eigenvalue weighted by molar-refractivity contribution is -0.123. The van der Waals surface area contributed by atoms with Crippen molar-refractivity contribution in [3.05, 3.63) is 22.7 Å². The van der Waals surface area contributed by atoms with Gasteiger partial charge in [-0.2, -0.15) is 5.26 Å². The normalized spacial score (nSPS) is 9.70. The molecular weight excluding hydrogens is 284 g/mol. The molecule has 1 amide bonds. The van der Waals surface area contributed by atoms with E-state index in [4.69, 9.17) is 31.4 Å². The number of aliphatic hydroxyl groups excluding tert-OH is 1. The summed E-state index contributed by atoms with van der Waals surface area (Å²) in [6.45, 7) is -0.141. The predicted octanol–water partition coefficient (Wildman–Crippen LogP) is 1.25. The number of carbonyl (C=O) groups is 1. The monoisotopic (exact) mass is 298 g/mol. The highest BCUT2D eigenvalue weighted by Gasteiger charge is 2.13. The van der Waals surface area contributed by atoms with Gasteiger partial charge >= 0.3 is 0 Å². The molecular formula is C13H15ClN2O4. The molecule has 0 saturated heterocycles. The topological polar surface area (TPSA) is 91.6 Å². The highest BCUT2D eigenvalue weighted by molar-refractivity contribution is 6.32. The Morgan fingerprint density at radius 1 is 1.55 bits per heavy atom. The highest BCUT2D eigenvalue weighted by Crippen LogP contribution is 2.36. The van der Waals surface area contributed by atoms with Gasteiger partial charge in [-0.25, -0.2) is 0 Å². The van der Waals surface area contributed by atoms with Gasteiger partial charge in [-0.3, -0.25) is 4.79 Å². The van der Waals surface area contributed by atoms with Crippen LogP contribution in [0.5, 0.6) is 11.5 Å². The number of nitriles is 1. The Labute approximate surface area is 121 Å². The van der Waals surface area contributed by atoms with Gasteiger partial charge in [0, 0.05) is 6.54 Å². The van der Waals surface area contributed by atoms with Gasteiger partial charge in [0.05, 0.1) is 31.2 Å². The fraction of sp³-hybridized carbons (Fsp3) is 0.385. The molecule has 0 unspecified atom stereocenters. The first kappa shape index (κ1) is 16.1. The molecule has 0 fully saturated rings. The summed E-state index contributed by atoms with van der Waals surface area (Å²) in [4.78, 5) is 11.5. The van der Waals surface area contributed by atoms with Crippen LogP contribution in [0.25, 0.3) is 0 Å². The maximum absolute atomic E-state index is 11.5. The van der Waals surface area contributed by atoms with Crippen molar-refractivity contribution in [1.29, 1.82) is 5.26 Å². The maximum Gasteiger partial charge on any atom is 0.257 e. The fourth-order valence-electron chi connectivity index (χ4n) is 1.45. The molecule has 0 aliphatic heterocycles. The second-order valence-corrected chi connectivity index (χ2v) is 4.22. The molecule has 0 atom stereocenters. The number of nitrogens with one attached hydrogen (secondary N) is 1. The number of ether oxygens (including phenoxy) is 2. The van der Waals surface area contributed by atoms with Gasteiger partial charge in [0.15, 0.2) is 18.1 Å². The number of hydrogen-bond donors (Lipinski definition) is 2. The Morgan fingerprint density at radius 2 is 2.30 bits per heavy atom. The van der Waals surface area contributed by atoms with Crippen molar-refractivity contribution in [2.24, 2.45) is 0 Å². The van der Waals surface area contributed by atoms with E-state index in [0.717, 1.165) is 0 Å². The van der Waals surface area contributed by atoms with Gasteiger partial charge in [-0.05, 0) is 17.7 Å². The number of hydrogen-bond acceptors (Lipinski definition) is 5. The summed E-state index contributed by atoms with van der Waals surface area (Å²) in [5.74, 6) is 0.220. The molecule has 0 bridgehead atoms. The second-order valence-electron chi connectivity index (χ2n) is 3.81. The van der Waals surface area contributed by atoms with Crippen LogP contribution in [0.15, 0.2) is 12.1 Å². The van der Waals surface area contributed by atoms with E-state index in [0.29, 0.717) is 11.3 Å². The van der Waals surface area contributed by atoms with E-state index < -0.39 is 0 Å². The lowest BCUT2D eigenvalue weighted by Crippen LogP contribution is -2.29. The number of nitrogens with zero attached hydrogens (tertiary/aromatic N) is 1. The van der Waals surface area contributed by atoms with Gasteiger partial charge in [0.2, 0.25) is 0 Å². The van der Waals surface area contributed by atoms with Crippen molar-refractivity contribution in [2.45, 2.75) is 13.0 Å². The molecule has 20 heavy (non-hydrogen) atoms. The van der Waals surface area contributed by atoms with Crippen LogP contribution in [0.3, 0.4) is 0 Å². The first-order chi connectivity index (χ1) is 9.62. The van der Waals surface area contributed by atoms with Gasteiger partial charge in [-0.1, -0.05) is 11.6 Å². The molecule has 0 aliphatic carbocycles. The van der Waals surface area contributed by atoms with Crippen LogP contribution in [-0.4, -0.2) is 31.3 Å². The van der Waals surface area contributed by atoms with Crippen LogP contribution in [0.2, 0.25) is 5.02 Å². The zero-order valence-corrected chi connectivity index (χ0v) is 11.7. The number of benzene rings is 1.